The number of benzene rings is 1. The number of hydrogen-bond acceptors (Lipinski definition) is 2. The normalized spacial score (nSPS) is 10.2. The zero-order chi connectivity index (χ0) is 13.8. The summed E-state index contributed by atoms with van der Waals surface area (Å²) in [5.74, 6) is -0.750. The third-order valence-corrected chi connectivity index (χ3v) is 2.68. The lowest BCUT2D eigenvalue weighted by Gasteiger charge is -2.04. The van der Waals surface area contributed by atoms with E-state index >= 15 is 0 Å². The second-order valence-electron chi connectivity index (χ2n) is 4.15. The molecular formula is C14H13FN2O2. The molecule has 0 aliphatic carbocycles. The van der Waals surface area contributed by atoms with E-state index in [1.165, 1.54) is 19.1 Å². The molecule has 5 heteroatoms. The van der Waals surface area contributed by atoms with E-state index in [0.717, 1.165) is 5.56 Å². The number of ketones is 1. The number of nitrogens with one attached hydrogen (secondary N) is 2. The van der Waals surface area contributed by atoms with E-state index in [-0.39, 0.29) is 17.5 Å². The van der Waals surface area contributed by atoms with Gasteiger partial charge in [0.25, 0.3) is 5.91 Å². The summed E-state index contributed by atoms with van der Waals surface area (Å²) in [6.45, 7) is 1.72. The van der Waals surface area contributed by atoms with Crippen LogP contribution >= 0.6 is 0 Å². The molecule has 2 N–H and O–H groups in total. The molecule has 0 spiro atoms. The van der Waals surface area contributed by atoms with Gasteiger partial charge >= 0.3 is 0 Å². The number of amides is 1. The Balaban J connectivity index is 1.97. The van der Waals surface area contributed by atoms with Crippen molar-refractivity contribution in [1.29, 1.82) is 0 Å². The van der Waals surface area contributed by atoms with Gasteiger partial charge in [-0.3, -0.25) is 9.59 Å². The number of halogens is 1. The Hall–Kier alpha value is -2.43. The minimum absolute atomic E-state index is 0.127. The fourth-order valence-electron chi connectivity index (χ4n) is 1.61. The van der Waals surface area contributed by atoms with Crippen molar-refractivity contribution in [3.63, 3.8) is 0 Å². The Morgan fingerprint density at radius 2 is 1.74 bits per heavy atom. The van der Waals surface area contributed by atoms with Crippen molar-refractivity contribution in [3.8, 4) is 0 Å². The van der Waals surface area contributed by atoms with E-state index in [1.807, 2.05) is 0 Å². The minimum atomic E-state index is -0.314. The predicted octanol–water partition coefficient (Wildman–Crippen LogP) is 2.29. The van der Waals surface area contributed by atoms with Crippen LogP contribution in [0.5, 0.6) is 0 Å². The molecule has 0 unspecified atom stereocenters. The summed E-state index contributed by atoms with van der Waals surface area (Å²) >= 11 is 0. The number of rotatable bonds is 4. The zero-order valence-corrected chi connectivity index (χ0v) is 10.4. The predicted molar refractivity (Wildman–Crippen MR) is 68.4 cm³/mol. The highest BCUT2D eigenvalue weighted by Gasteiger charge is 2.09. The molecule has 1 aromatic heterocycles. The van der Waals surface area contributed by atoms with Crippen LogP contribution in [0, 0.1) is 5.82 Å². The minimum Gasteiger partial charge on any atom is -0.348 e. The number of H-pyrrole nitrogens is 1. The molecule has 98 valence electrons. The number of aromatic nitrogens is 1. The Kier molecular flexibility index (Phi) is 3.75. The lowest BCUT2D eigenvalue weighted by atomic mass is 10.2. The van der Waals surface area contributed by atoms with Crippen LogP contribution in [0.2, 0.25) is 0 Å². The van der Waals surface area contributed by atoms with Crippen LogP contribution in [0.3, 0.4) is 0 Å². The maximum absolute atomic E-state index is 12.7. The van der Waals surface area contributed by atoms with Gasteiger partial charge in [-0.1, -0.05) is 12.1 Å². The monoisotopic (exact) mass is 260 g/mol. The summed E-state index contributed by atoms with van der Waals surface area (Å²) in [5, 5.41) is 2.68. The molecule has 2 aromatic rings. The highest BCUT2D eigenvalue weighted by atomic mass is 19.1. The summed E-state index contributed by atoms with van der Waals surface area (Å²) in [5.41, 5.74) is 1.52. The zero-order valence-electron chi connectivity index (χ0n) is 10.4. The molecule has 0 saturated carbocycles. The SMILES string of the molecule is CC(=O)c1ccc(C(=O)NCc2ccc(F)cc2)[nH]1. The van der Waals surface area contributed by atoms with Gasteiger partial charge in [0.1, 0.15) is 11.5 Å². The highest BCUT2D eigenvalue weighted by Crippen LogP contribution is 2.05. The van der Waals surface area contributed by atoms with E-state index in [1.54, 1.807) is 24.3 Å². The Labute approximate surface area is 109 Å². The molecule has 0 aliphatic heterocycles. The van der Waals surface area contributed by atoms with Crippen LogP contribution in [-0.4, -0.2) is 16.7 Å². The summed E-state index contributed by atoms with van der Waals surface area (Å²) in [6.07, 6.45) is 0. The van der Waals surface area contributed by atoms with Crippen molar-refractivity contribution in [1.82, 2.24) is 10.3 Å². The third kappa shape index (κ3) is 3.28. The van der Waals surface area contributed by atoms with Crippen LogP contribution in [0.25, 0.3) is 0 Å². The highest BCUT2D eigenvalue weighted by molar-refractivity contribution is 5.97. The van der Waals surface area contributed by atoms with Gasteiger partial charge in [-0.05, 0) is 29.8 Å². The molecule has 0 atom stereocenters. The fraction of sp³-hybridized carbons (Fsp3) is 0.143. The fourth-order valence-corrected chi connectivity index (χ4v) is 1.61. The van der Waals surface area contributed by atoms with Crippen molar-refractivity contribution >= 4 is 11.7 Å². The molecule has 0 fully saturated rings. The first-order chi connectivity index (χ1) is 9.06. The van der Waals surface area contributed by atoms with Gasteiger partial charge < -0.3 is 10.3 Å². The van der Waals surface area contributed by atoms with E-state index in [0.29, 0.717) is 17.9 Å². The van der Waals surface area contributed by atoms with Crippen LogP contribution < -0.4 is 5.32 Å². The molecule has 0 aliphatic rings. The van der Waals surface area contributed by atoms with Gasteiger partial charge in [0.2, 0.25) is 0 Å². The maximum Gasteiger partial charge on any atom is 0.267 e. The Morgan fingerprint density at radius 3 is 2.32 bits per heavy atom. The number of Topliss-reactive ketones (excluding diaryl/α,β-unsaturated/α-hetero) is 1. The van der Waals surface area contributed by atoms with Gasteiger partial charge in [-0.25, -0.2) is 4.39 Å². The number of hydrogen-bond donors (Lipinski definition) is 2. The van der Waals surface area contributed by atoms with Gasteiger partial charge in [0.05, 0.1) is 5.69 Å². The molecule has 0 bridgehead atoms. The molecule has 1 amide bonds. The second-order valence-corrected chi connectivity index (χ2v) is 4.15. The molecule has 1 heterocycles. The lowest BCUT2D eigenvalue weighted by molar-refractivity contribution is 0.0946. The first kappa shape index (κ1) is 13.0. The molecule has 0 radical (unpaired) electrons. The van der Waals surface area contributed by atoms with E-state index in [9.17, 15) is 14.0 Å². The van der Waals surface area contributed by atoms with Crippen LogP contribution in [0.15, 0.2) is 36.4 Å². The summed E-state index contributed by atoms with van der Waals surface area (Å²) in [6, 6.07) is 9.00. The molecule has 19 heavy (non-hydrogen) atoms. The van der Waals surface area contributed by atoms with Crippen LogP contribution in [-0.2, 0) is 6.54 Å². The van der Waals surface area contributed by atoms with Crippen molar-refractivity contribution < 1.29 is 14.0 Å². The van der Waals surface area contributed by atoms with Gasteiger partial charge in [0.15, 0.2) is 5.78 Å². The first-order valence-electron chi connectivity index (χ1n) is 5.79. The van der Waals surface area contributed by atoms with E-state index in [2.05, 4.69) is 10.3 Å². The number of carbonyl (C=O) groups is 2. The van der Waals surface area contributed by atoms with Crippen molar-refractivity contribution in [2.75, 3.05) is 0 Å². The average Bonchev–Trinajstić information content (AvgIpc) is 2.87. The Bertz CT molecular complexity index is 602. The van der Waals surface area contributed by atoms with Gasteiger partial charge in [-0.15, -0.1) is 0 Å². The van der Waals surface area contributed by atoms with Gasteiger partial charge in [0, 0.05) is 13.5 Å². The summed E-state index contributed by atoms with van der Waals surface area (Å²) in [7, 11) is 0. The molecule has 4 nitrogen and oxygen atoms in total. The van der Waals surface area contributed by atoms with E-state index in [4.69, 9.17) is 0 Å². The maximum atomic E-state index is 12.7. The average molecular weight is 260 g/mol. The van der Waals surface area contributed by atoms with Crippen molar-refractivity contribution in [3.05, 3.63) is 59.2 Å². The lowest BCUT2D eigenvalue weighted by Crippen LogP contribution is -2.23. The van der Waals surface area contributed by atoms with Crippen molar-refractivity contribution in [2.45, 2.75) is 13.5 Å². The molecule has 1 aromatic carbocycles. The standard InChI is InChI=1S/C14H13FN2O2/c1-9(18)12-6-7-13(17-12)14(19)16-8-10-2-4-11(15)5-3-10/h2-7,17H,8H2,1H3,(H,16,19). The first-order valence-corrected chi connectivity index (χ1v) is 5.79. The smallest absolute Gasteiger partial charge is 0.267 e. The van der Waals surface area contributed by atoms with Crippen LogP contribution in [0.4, 0.5) is 4.39 Å². The topological polar surface area (TPSA) is 62.0 Å². The summed E-state index contributed by atoms with van der Waals surface area (Å²) < 4.78 is 12.7. The summed E-state index contributed by atoms with van der Waals surface area (Å²) in [4.78, 5) is 25.6. The van der Waals surface area contributed by atoms with E-state index < -0.39 is 0 Å². The quantitative estimate of drug-likeness (QED) is 0.828. The third-order valence-electron chi connectivity index (χ3n) is 2.68. The molecule has 0 saturated heterocycles. The largest absolute Gasteiger partial charge is 0.348 e. The molecular weight excluding hydrogens is 247 g/mol. The van der Waals surface area contributed by atoms with Crippen molar-refractivity contribution in [2.24, 2.45) is 0 Å². The molecule has 2 rings (SSSR count). The number of carbonyl (C=O) groups excluding carboxylic acids is 2. The number of aromatic amines is 1. The van der Waals surface area contributed by atoms with Crippen LogP contribution in [0.1, 0.15) is 33.5 Å². The second kappa shape index (κ2) is 5.48. The van der Waals surface area contributed by atoms with Gasteiger partial charge in [-0.2, -0.15) is 0 Å². The Morgan fingerprint density at radius 1 is 1.11 bits per heavy atom.